The fraction of sp³-hybridized carbons (Fsp3) is 0.333. The van der Waals surface area contributed by atoms with Gasteiger partial charge in [0.05, 0.1) is 18.3 Å². The van der Waals surface area contributed by atoms with Crippen molar-refractivity contribution >= 4 is 16.8 Å². The fourth-order valence-corrected chi connectivity index (χ4v) is 4.31. The van der Waals surface area contributed by atoms with E-state index in [0.29, 0.717) is 17.1 Å². The zero-order chi connectivity index (χ0) is 20.9. The molecule has 0 unspecified atom stereocenters. The highest BCUT2D eigenvalue weighted by Crippen LogP contribution is 2.42. The van der Waals surface area contributed by atoms with E-state index in [1.807, 2.05) is 6.07 Å². The van der Waals surface area contributed by atoms with Crippen LogP contribution < -0.4 is 5.32 Å². The molecule has 2 aliphatic rings. The number of benzene rings is 1. The van der Waals surface area contributed by atoms with Crippen LogP contribution in [0.5, 0.6) is 5.75 Å². The Kier molecular flexibility index (Phi) is 4.44. The van der Waals surface area contributed by atoms with E-state index in [4.69, 9.17) is 4.74 Å². The number of phenols is 1. The third-order valence-electron chi connectivity index (χ3n) is 5.77. The summed E-state index contributed by atoms with van der Waals surface area (Å²) >= 11 is 0. The first-order valence-electron chi connectivity index (χ1n) is 9.58. The van der Waals surface area contributed by atoms with Gasteiger partial charge in [0.1, 0.15) is 11.4 Å². The smallest absolute Gasteiger partial charge is 0.265 e. The number of aromatic nitrogens is 4. The van der Waals surface area contributed by atoms with Gasteiger partial charge in [-0.1, -0.05) is 0 Å². The van der Waals surface area contributed by atoms with Gasteiger partial charge in [0.25, 0.3) is 5.92 Å². The Bertz CT molecular complexity index is 1140. The van der Waals surface area contributed by atoms with Crippen LogP contribution in [0.4, 0.5) is 8.78 Å². The Balaban J connectivity index is 1.45. The monoisotopic (exact) mass is 411 g/mol. The summed E-state index contributed by atoms with van der Waals surface area (Å²) in [6.07, 6.45) is 5.96. The molecule has 4 heterocycles. The van der Waals surface area contributed by atoms with Crippen LogP contribution in [0.25, 0.3) is 28.1 Å². The number of hydrogen-bond donors (Lipinski definition) is 2. The van der Waals surface area contributed by atoms with Gasteiger partial charge in [0.2, 0.25) is 0 Å². The maximum Gasteiger partial charge on any atom is 0.265 e. The Labute approximate surface area is 170 Å². The lowest BCUT2D eigenvalue weighted by atomic mass is 9.95. The van der Waals surface area contributed by atoms with Gasteiger partial charge in [0.15, 0.2) is 5.82 Å². The summed E-state index contributed by atoms with van der Waals surface area (Å²) < 4.78 is 33.7. The SMILES string of the molecule is CO[C@@H]1/C(=C\c2ncc(-c3cc4ccncc4cc3O)nn2)C[C@H]2N[C@@H]1CC2(F)F. The number of halogens is 2. The summed E-state index contributed by atoms with van der Waals surface area (Å²) in [5.41, 5.74) is 1.63. The summed E-state index contributed by atoms with van der Waals surface area (Å²) in [4.78, 5) is 8.35. The number of nitrogens with zero attached hydrogens (tertiary/aromatic N) is 4. The molecule has 5 rings (SSSR count). The predicted octanol–water partition coefficient (Wildman–Crippen LogP) is 2.96. The van der Waals surface area contributed by atoms with E-state index in [0.717, 1.165) is 16.3 Å². The molecule has 2 aromatic heterocycles. The molecule has 0 spiro atoms. The number of nitrogens with one attached hydrogen (secondary N) is 1. The number of alkyl halides is 2. The van der Waals surface area contributed by atoms with Crippen LogP contribution in [0.3, 0.4) is 0 Å². The van der Waals surface area contributed by atoms with Gasteiger partial charge in [0, 0.05) is 42.9 Å². The van der Waals surface area contributed by atoms with Gasteiger partial charge in [-0.2, -0.15) is 0 Å². The molecule has 30 heavy (non-hydrogen) atoms. The van der Waals surface area contributed by atoms with Crippen LogP contribution in [-0.2, 0) is 4.74 Å². The third kappa shape index (κ3) is 3.20. The molecule has 7 nitrogen and oxygen atoms in total. The van der Waals surface area contributed by atoms with Crippen molar-refractivity contribution in [3.05, 3.63) is 48.2 Å². The average molecular weight is 411 g/mol. The van der Waals surface area contributed by atoms with Crippen molar-refractivity contribution in [2.45, 2.75) is 37.0 Å². The van der Waals surface area contributed by atoms with Crippen LogP contribution >= 0.6 is 0 Å². The topological polar surface area (TPSA) is 93.1 Å². The zero-order valence-electron chi connectivity index (χ0n) is 16.1. The minimum atomic E-state index is -2.76. The van der Waals surface area contributed by atoms with Crippen molar-refractivity contribution in [1.29, 1.82) is 0 Å². The molecule has 2 bridgehead atoms. The normalized spacial score (nSPS) is 26.4. The van der Waals surface area contributed by atoms with Crippen LogP contribution in [0.15, 0.2) is 42.4 Å². The molecule has 3 aromatic rings. The standard InChI is InChI=1S/C21H19F2N5O2/c1-30-20-12(6-18-21(22,23)8-15(20)26-18)7-19-25-10-16(27-28-19)14-4-11-2-3-24-9-13(11)5-17(14)29/h2-5,7,9-10,15,18,20,26,29H,6,8H2,1H3/b12-7-/t15-,18-,20-/m1/s1. The molecule has 2 N–H and O–H groups in total. The molecule has 0 amide bonds. The number of ether oxygens (including phenoxy) is 1. The number of hydrogen-bond acceptors (Lipinski definition) is 7. The number of pyridine rings is 1. The first kappa shape index (κ1) is 19.0. The number of piperidine rings is 1. The van der Waals surface area contributed by atoms with Crippen molar-refractivity contribution in [1.82, 2.24) is 25.5 Å². The van der Waals surface area contributed by atoms with Gasteiger partial charge in [-0.25, -0.2) is 13.8 Å². The predicted molar refractivity (Wildman–Crippen MR) is 106 cm³/mol. The Morgan fingerprint density at radius 2 is 2.10 bits per heavy atom. The van der Waals surface area contributed by atoms with Gasteiger partial charge in [-0.05, 0) is 41.7 Å². The van der Waals surface area contributed by atoms with Crippen molar-refractivity contribution in [2.24, 2.45) is 0 Å². The first-order valence-corrected chi connectivity index (χ1v) is 9.58. The summed E-state index contributed by atoms with van der Waals surface area (Å²) in [7, 11) is 1.51. The summed E-state index contributed by atoms with van der Waals surface area (Å²) in [6, 6.07) is 3.90. The maximum atomic E-state index is 14.1. The highest BCUT2D eigenvalue weighted by atomic mass is 19.3. The van der Waals surface area contributed by atoms with Crippen LogP contribution in [-0.4, -0.2) is 56.5 Å². The van der Waals surface area contributed by atoms with E-state index in [9.17, 15) is 13.9 Å². The molecule has 154 valence electrons. The molecule has 0 aliphatic carbocycles. The lowest BCUT2D eigenvalue weighted by Gasteiger charge is -2.31. The number of aromatic hydroxyl groups is 1. The van der Waals surface area contributed by atoms with E-state index in [1.54, 1.807) is 30.6 Å². The molecule has 1 aromatic carbocycles. The second-order valence-corrected chi connectivity index (χ2v) is 7.66. The van der Waals surface area contributed by atoms with E-state index in [2.05, 4.69) is 25.5 Å². The van der Waals surface area contributed by atoms with Gasteiger partial charge < -0.3 is 15.2 Å². The van der Waals surface area contributed by atoms with Crippen molar-refractivity contribution in [3.63, 3.8) is 0 Å². The molecular weight excluding hydrogens is 392 g/mol. The number of fused-ring (bicyclic) bond motifs is 3. The highest BCUT2D eigenvalue weighted by Gasteiger charge is 2.54. The minimum Gasteiger partial charge on any atom is -0.507 e. The first-order chi connectivity index (χ1) is 14.4. The summed E-state index contributed by atoms with van der Waals surface area (Å²) in [5, 5.41) is 23.3. The Morgan fingerprint density at radius 3 is 2.87 bits per heavy atom. The van der Waals surface area contributed by atoms with E-state index in [-0.39, 0.29) is 18.6 Å². The van der Waals surface area contributed by atoms with Crippen LogP contribution in [0.1, 0.15) is 18.7 Å². The number of phenolic OH excluding ortho intramolecular Hbond substituents is 1. The van der Waals surface area contributed by atoms with Gasteiger partial charge in [-0.15, -0.1) is 10.2 Å². The minimum absolute atomic E-state index is 0.0503. The number of rotatable bonds is 3. The van der Waals surface area contributed by atoms with Gasteiger partial charge >= 0.3 is 0 Å². The molecule has 2 aliphatic heterocycles. The average Bonchev–Trinajstić information content (AvgIpc) is 2.97. The molecule has 2 saturated heterocycles. The number of methoxy groups -OCH3 is 1. The molecular formula is C21H19F2N5O2. The van der Waals surface area contributed by atoms with E-state index < -0.39 is 24.1 Å². The summed E-state index contributed by atoms with van der Waals surface area (Å²) in [6.45, 7) is 0. The molecule has 0 radical (unpaired) electrons. The third-order valence-corrected chi connectivity index (χ3v) is 5.77. The largest absolute Gasteiger partial charge is 0.507 e. The Hall–Kier alpha value is -3.04. The fourth-order valence-electron chi connectivity index (χ4n) is 4.31. The second-order valence-electron chi connectivity index (χ2n) is 7.66. The van der Waals surface area contributed by atoms with Crippen molar-refractivity contribution in [2.75, 3.05) is 7.11 Å². The van der Waals surface area contributed by atoms with Crippen molar-refractivity contribution in [3.8, 4) is 17.0 Å². The van der Waals surface area contributed by atoms with E-state index in [1.165, 1.54) is 13.3 Å². The van der Waals surface area contributed by atoms with Crippen LogP contribution in [0, 0.1) is 0 Å². The molecule has 3 atom stereocenters. The van der Waals surface area contributed by atoms with E-state index >= 15 is 0 Å². The highest BCUT2D eigenvalue weighted by molar-refractivity contribution is 5.89. The molecule has 2 fully saturated rings. The quantitative estimate of drug-likeness (QED) is 0.684. The lowest BCUT2D eigenvalue weighted by Crippen LogP contribution is -2.47. The molecule has 9 heteroatoms. The van der Waals surface area contributed by atoms with Gasteiger partial charge in [-0.3, -0.25) is 4.98 Å². The summed E-state index contributed by atoms with van der Waals surface area (Å²) in [5.74, 6) is -2.40. The van der Waals surface area contributed by atoms with Crippen molar-refractivity contribution < 1.29 is 18.6 Å². The lowest BCUT2D eigenvalue weighted by molar-refractivity contribution is -0.00999. The second kappa shape index (κ2) is 7.03. The maximum absolute atomic E-state index is 14.1. The van der Waals surface area contributed by atoms with Crippen LogP contribution in [0.2, 0.25) is 0 Å². The zero-order valence-corrected chi connectivity index (χ0v) is 16.1. The Morgan fingerprint density at radius 1 is 1.23 bits per heavy atom. The molecule has 0 saturated carbocycles.